The van der Waals surface area contributed by atoms with Crippen molar-refractivity contribution < 1.29 is 35.1 Å². The number of fused-ring (bicyclic) bond motifs is 18. The number of nitrogens with one attached hydrogen (secondary N) is 4. The first kappa shape index (κ1) is 29.6. The summed E-state index contributed by atoms with van der Waals surface area (Å²) in [5.74, 6) is -6.57. The Kier molecular flexibility index (Phi) is 6.48. The lowest BCUT2D eigenvalue weighted by atomic mass is 9.77. The molecule has 9 rings (SSSR count). The van der Waals surface area contributed by atoms with Gasteiger partial charge in [-0.05, 0) is 49.9 Å². The Morgan fingerprint density at radius 3 is 1.29 bits per heavy atom. The zero-order chi connectivity index (χ0) is 33.2. The lowest BCUT2D eigenvalue weighted by Gasteiger charge is -2.33. The lowest BCUT2D eigenvalue weighted by Crippen LogP contribution is -2.40. The molecule has 10 unspecified atom stereocenters. The van der Waals surface area contributed by atoms with E-state index in [-0.39, 0.29) is 81.5 Å². The quantitative estimate of drug-likeness (QED) is 0.176. The number of alkyl halides is 4. The van der Waals surface area contributed by atoms with Crippen LogP contribution in [0.25, 0.3) is 21.5 Å². The molecule has 48 heavy (non-hydrogen) atoms. The van der Waals surface area contributed by atoms with E-state index in [4.69, 9.17) is 0 Å². The smallest absolute Gasteiger partial charge is 0.159 e. The minimum atomic E-state index is -1.79. The van der Waals surface area contributed by atoms with Crippen molar-refractivity contribution in [3.05, 3.63) is 58.5 Å². The van der Waals surface area contributed by atoms with Crippen molar-refractivity contribution in [2.45, 2.75) is 62.7 Å². The third kappa shape index (κ3) is 4.46. The molecule has 5 heterocycles. The molecule has 2 aromatic carbocycles. The normalized spacial score (nSPS) is 34.0. The van der Waals surface area contributed by atoms with E-state index in [0.29, 0.717) is 0 Å². The van der Waals surface area contributed by atoms with Gasteiger partial charge in [-0.1, -0.05) is 0 Å². The molecule has 8 bridgehead atoms. The molecule has 0 saturated heterocycles. The number of hydrogen-bond donors (Lipinski definition) is 4. The van der Waals surface area contributed by atoms with Gasteiger partial charge in [0.05, 0.1) is 0 Å². The Morgan fingerprint density at radius 1 is 0.500 bits per heavy atom. The molecule has 2 aromatic heterocycles. The second-order valence-electron chi connectivity index (χ2n) is 13.2. The van der Waals surface area contributed by atoms with E-state index in [1.807, 2.05) is 0 Å². The van der Waals surface area contributed by atoms with Crippen LogP contribution >= 0.6 is 0 Å². The van der Waals surface area contributed by atoms with Crippen LogP contribution in [0.2, 0.25) is 0 Å². The van der Waals surface area contributed by atoms with Crippen molar-refractivity contribution in [3.8, 4) is 0 Å². The zero-order valence-corrected chi connectivity index (χ0v) is 24.7. The number of rotatable bonds is 0. The van der Waals surface area contributed by atoms with Crippen molar-refractivity contribution in [1.29, 1.82) is 0 Å². The van der Waals surface area contributed by atoms with E-state index in [1.54, 1.807) is 0 Å². The standard InChI is InChI=1S/C32H26F8N8/c33-17-1-9-10(2-18(17)34)26-41-25(9)45-27-11-3-19(35)20(36)4-12(11)29(42-27)47-31-15-7-23(39)24(40)8-16(15)32(44-31)48-30-14-6-22(38)21(37)5-13(14)28(43-30)46-26/h1-2,7-8,11-14,19-22,27-28,41,45-46H,3-6H2,(H,42,43,44,47,48). The Morgan fingerprint density at radius 2 is 0.875 bits per heavy atom. The fourth-order valence-electron chi connectivity index (χ4n) is 8.07. The highest BCUT2D eigenvalue weighted by atomic mass is 19.2. The van der Waals surface area contributed by atoms with E-state index in [0.717, 1.165) is 24.3 Å². The van der Waals surface area contributed by atoms with E-state index in [2.05, 4.69) is 40.6 Å². The van der Waals surface area contributed by atoms with E-state index < -0.39 is 84.0 Å². The summed E-state index contributed by atoms with van der Waals surface area (Å²) < 4.78 is 118. The summed E-state index contributed by atoms with van der Waals surface area (Å²) in [6.45, 7) is 0. The molecule has 2 fully saturated rings. The maximum atomic E-state index is 14.8. The summed E-state index contributed by atoms with van der Waals surface area (Å²) in [6.07, 6.45) is -9.87. The molecule has 16 heteroatoms. The molecule has 0 amide bonds. The molecule has 3 aliphatic heterocycles. The van der Waals surface area contributed by atoms with Crippen molar-refractivity contribution in [2.75, 3.05) is 10.6 Å². The maximum Gasteiger partial charge on any atom is 0.159 e. The average Bonchev–Trinajstić information content (AvgIpc) is 3.74. The first-order chi connectivity index (χ1) is 23.0. The van der Waals surface area contributed by atoms with Crippen LogP contribution < -0.4 is 21.6 Å². The minimum Gasteiger partial charge on any atom is -0.349 e. The monoisotopic (exact) mass is 674 g/mol. The van der Waals surface area contributed by atoms with Gasteiger partial charge in [-0.2, -0.15) is 0 Å². The number of anilines is 2. The van der Waals surface area contributed by atoms with E-state index in [9.17, 15) is 35.1 Å². The Labute approximate surface area is 265 Å². The number of H-pyrrole nitrogens is 2. The van der Waals surface area contributed by atoms with Crippen molar-refractivity contribution in [1.82, 2.24) is 9.97 Å². The lowest BCUT2D eigenvalue weighted by molar-refractivity contribution is 0.0711. The molecule has 250 valence electrons. The average molecular weight is 675 g/mol. The third-order valence-electron chi connectivity index (χ3n) is 10.5. The molecule has 4 aromatic rings. The van der Waals surface area contributed by atoms with Crippen molar-refractivity contribution in [3.63, 3.8) is 0 Å². The summed E-state index contributed by atoms with van der Waals surface area (Å²) in [4.78, 5) is 24.7. The topological polar surface area (TPSA) is 105 Å². The fourth-order valence-corrected chi connectivity index (χ4v) is 8.07. The third-order valence-corrected chi connectivity index (χ3v) is 10.5. The van der Waals surface area contributed by atoms with Crippen LogP contribution in [0, 0.1) is 46.9 Å². The van der Waals surface area contributed by atoms with Crippen LogP contribution in [0.1, 0.15) is 25.7 Å². The summed E-state index contributed by atoms with van der Waals surface area (Å²) in [7, 11) is 0. The predicted octanol–water partition coefficient (Wildman–Crippen LogP) is 5.86. The Balaban J connectivity index is 1.30. The van der Waals surface area contributed by atoms with Crippen molar-refractivity contribution >= 4 is 44.9 Å². The molecule has 10 atom stereocenters. The van der Waals surface area contributed by atoms with Gasteiger partial charge in [0.15, 0.2) is 23.3 Å². The Bertz CT molecular complexity index is 2050. The van der Waals surface area contributed by atoms with Gasteiger partial charge in [-0.3, -0.25) is 0 Å². The van der Waals surface area contributed by atoms with Gasteiger partial charge in [0.2, 0.25) is 0 Å². The number of aromatic amines is 2. The molecule has 2 aliphatic carbocycles. The molecule has 2 saturated carbocycles. The number of nitrogens with zero attached hydrogens (tertiary/aromatic N) is 4. The minimum absolute atomic E-state index is 0.0245. The molecule has 8 nitrogen and oxygen atoms in total. The molecule has 4 N–H and O–H groups in total. The van der Waals surface area contributed by atoms with Crippen LogP contribution in [0.5, 0.6) is 0 Å². The molecular weight excluding hydrogens is 648 g/mol. The number of aromatic nitrogens is 2. The second kappa shape index (κ2) is 10.5. The number of aliphatic imine (C=N–C) groups is 2. The van der Waals surface area contributed by atoms with Gasteiger partial charge < -0.3 is 20.6 Å². The molecule has 0 spiro atoms. The van der Waals surface area contributed by atoms with Crippen LogP contribution in [0.3, 0.4) is 0 Å². The summed E-state index contributed by atoms with van der Waals surface area (Å²) in [5, 5.41) is 6.99. The first-order valence-electron chi connectivity index (χ1n) is 15.7. The molecule has 5 aliphatic rings. The van der Waals surface area contributed by atoms with Crippen LogP contribution in [0.4, 0.5) is 46.8 Å². The summed E-state index contributed by atoms with van der Waals surface area (Å²) in [5.41, 5.74) is 0.0490. The fraction of sp³-hybridized carbons (Fsp3) is 0.438. The molecular formula is C32H26F8N8. The van der Waals surface area contributed by atoms with Crippen molar-refractivity contribution in [2.24, 2.45) is 43.6 Å². The maximum absolute atomic E-state index is 14.8. The number of halogens is 8. The largest absolute Gasteiger partial charge is 0.349 e. The van der Waals surface area contributed by atoms with Gasteiger partial charge in [0, 0.05) is 45.2 Å². The van der Waals surface area contributed by atoms with Gasteiger partial charge in [-0.15, -0.1) is 0 Å². The van der Waals surface area contributed by atoms with E-state index >= 15 is 0 Å². The summed E-state index contributed by atoms with van der Waals surface area (Å²) in [6, 6.07) is 3.83. The Hall–Kier alpha value is -4.50. The SMILES string of the molecule is Fc1cc2c3[nH]c(c2cc1F)NC1N=C(N=c2[nH]c(c4cc(F)c(F)cc24)=NC2=NC(N3)C3CC(F)C(F)CC23)C2CC(F)C(F)CC12. The molecule has 0 radical (unpaired) electrons. The highest BCUT2D eigenvalue weighted by molar-refractivity contribution is 6.02. The highest BCUT2D eigenvalue weighted by Crippen LogP contribution is 2.45. The van der Waals surface area contributed by atoms with Gasteiger partial charge in [-0.25, -0.2) is 55.1 Å². The predicted molar refractivity (Wildman–Crippen MR) is 160 cm³/mol. The van der Waals surface area contributed by atoms with Gasteiger partial charge >= 0.3 is 0 Å². The highest BCUT2D eigenvalue weighted by Gasteiger charge is 2.49. The number of amidine groups is 2. The van der Waals surface area contributed by atoms with Gasteiger partial charge in [0.25, 0.3) is 0 Å². The van der Waals surface area contributed by atoms with Crippen LogP contribution in [-0.4, -0.2) is 58.7 Å². The number of benzene rings is 2. The number of hydrogen-bond acceptors (Lipinski definition) is 6. The summed E-state index contributed by atoms with van der Waals surface area (Å²) >= 11 is 0. The van der Waals surface area contributed by atoms with Crippen LogP contribution in [-0.2, 0) is 0 Å². The second-order valence-corrected chi connectivity index (χ2v) is 13.2. The zero-order valence-electron chi connectivity index (χ0n) is 24.7. The van der Waals surface area contributed by atoms with Crippen LogP contribution in [0.15, 0.2) is 44.2 Å². The van der Waals surface area contributed by atoms with Gasteiger partial charge in [0.1, 0.15) is 71.3 Å². The first-order valence-corrected chi connectivity index (χ1v) is 15.7. The van der Waals surface area contributed by atoms with E-state index in [1.165, 1.54) is 0 Å².